The number of hydrogen-bond acceptors (Lipinski definition) is 4. The Kier molecular flexibility index (Phi) is 7.03. The van der Waals surface area contributed by atoms with E-state index in [1.165, 1.54) is 4.88 Å². The van der Waals surface area contributed by atoms with Crippen LogP contribution in [0.15, 0.2) is 17.5 Å². The topological polar surface area (TPSA) is 61.4 Å². The van der Waals surface area contributed by atoms with Crippen LogP contribution in [-0.4, -0.2) is 48.4 Å². The maximum Gasteiger partial charge on any atom is 0.237 e. The van der Waals surface area contributed by atoms with Crippen molar-refractivity contribution in [2.45, 2.75) is 45.7 Å². The number of carbonyl (C=O) groups excluding carboxylic acids is 2. The summed E-state index contributed by atoms with van der Waals surface area (Å²) in [6.07, 6.45) is 0.838. The van der Waals surface area contributed by atoms with Crippen LogP contribution in [-0.2, 0) is 16.0 Å². The van der Waals surface area contributed by atoms with Gasteiger partial charge in [0.1, 0.15) is 0 Å². The van der Waals surface area contributed by atoms with Crippen LogP contribution < -0.4 is 10.6 Å². The molecule has 0 saturated carbocycles. The lowest BCUT2D eigenvalue weighted by Gasteiger charge is -2.26. The minimum absolute atomic E-state index is 0.0531. The van der Waals surface area contributed by atoms with Crippen LogP contribution in [0.3, 0.4) is 0 Å². The molecule has 0 aliphatic rings. The van der Waals surface area contributed by atoms with Gasteiger partial charge in [-0.25, -0.2) is 0 Å². The van der Waals surface area contributed by atoms with Crippen LogP contribution in [0, 0.1) is 0 Å². The molecular weight excluding hydrogens is 298 g/mol. The smallest absolute Gasteiger partial charge is 0.237 e. The van der Waals surface area contributed by atoms with Gasteiger partial charge in [0.15, 0.2) is 0 Å². The van der Waals surface area contributed by atoms with Crippen molar-refractivity contribution in [3.05, 3.63) is 22.4 Å². The number of nitrogens with zero attached hydrogens (tertiary/aromatic N) is 1. The molecule has 0 bridgehead atoms. The third-order valence-electron chi connectivity index (χ3n) is 3.20. The molecule has 0 aromatic carbocycles. The van der Waals surface area contributed by atoms with E-state index in [4.69, 9.17) is 0 Å². The van der Waals surface area contributed by atoms with E-state index < -0.39 is 0 Å². The second-order valence-corrected chi connectivity index (χ2v) is 7.54. The number of carbonyl (C=O) groups is 2. The van der Waals surface area contributed by atoms with Crippen LogP contribution in [0.25, 0.3) is 0 Å². The molecule has 0 radical (unpaired) electrons. The lowest BCUT2D eigenvalue weighted by Crippen LogP contribution is -2.50. The first-order chi connectivity index (χ1) is 10.2. The van der Waals surface area contributed by atoms with E-state index in [0.717, 1.165) is 6.42 Å². The van der Waals surface area contributed by atoms with Crippen LogP contribution in [0.1, 0.15) is 32.6 Å². The Hall–Kier alpha value is -1.40. The fourth-order valence-electron chi connectivity index (χ4n) is 1.93. The van der Waals surface area contributed by atoms with Gasteiger partial charge in [0, 0.05) is 17.0 Å². The molecule has 1 rings (SSSR count). The lowest BCUT2D eigenvalue weighted by atomic mass is 10.1. The van der Waals surface area contributed by atoms with Crippen LogP contribution >= 0.6 is 11.3 Å². The fraction of sp³-hybridized carbons (Fsp3) is 0.625. The van der Waals surface area contributed by atoms with E-state index in [1.807, 2.05) is 39.1 Å². The molecule has 22 heavy (non-hydrogen) atoms. The Morgan fingerprint density at radius 1 is 1.36 bits per heavy atom. The molecule has 0 spiro atoms. The highest BCUT2D eigenvalue weighted by Gasteiger charge is 2.21. The maximum absolute atomic E-state index is 12.1. The Bertz CT molecular complexity index is 480. The summed E-state index contributed by atoms with van der Waals surface area (Å²) < 4.78 is 0. The number of nitrogens with one attached hydrogen (secondary N) is 2. The molecule has 2 N–H and O–H groups in total. The van der Waals surface area contributed by atoms with Crippen molar-refractivity contribution in [3.8, 4) is 0 Å². The van der Waals surface area contributed by atoms with E-state index in [-0.39, 0.29) is 29.9 Å². The second-order valence-electron chi connectivity index (χ2n) is 6.51. The maximum atomic E-state index is 12.1. The molecule has 6 heteroatoms. The summed E-state index contributed by atoms with van der Waals surface area (Å²) in [6.45, 7) is 8.44. The number of amides is 2. The summed E-state index contributed by atoms with van der Waals surface area (Å²) in [5.41, 5.74) is -0.260. The standard InChI is InChI=1S/C16H27N3O2S/c1-12(19(5)11-14(20)18-16(2,3)4)15(21)17-9-8-13-7-6-10-22-13/h6-7,10,12H,8-9,11H2,1-5H3,(H,17,21)(H,18,20). The number of likely N-dealkylation sites (N-methyl/N-ethyl adjacent to an activating group) is 1. The van der Waals surface area contributed by atoms with Gasteiger partial charge in [-0.1, -0.05) is 6.07 Å². The van der Waals surface area contributed by atoms with Crippen molar-refractivity contribution >= 4 is 23.2 Å². The van der Waals surface area contributed by atoms with Gasteiger partial charge in [0.05, 0.1) is 12.6 Å². The molecule has 1 heterocycles. The van der Waals surface area contributed by atoms with E-state index in [0.29, 0.717) is 6.54 Å². The summed E-state index contributed by atoms with van der Waals surface area (Å²) in [5.74, 6) is -0.129. The third-order valence-corrected chi connectivity index (χ3v) is 4.13. The molecule has 0 aliphatic carbocycles. The van der Waals surface area contributed by atoms with Gasteiger partial charge in [-0.2, -0.15) is 0 Å². The van der Waals surface area contributed by atoms with E-state index in [1.54, 1.807) is 23.3 Å². The van der Waals surface area contributed by atoms with Gasteiger partial charge in [-0.15, -0.1) is 11.3 Å². The first-order valence-corrected chi connectivity index (χ1v) is 8.38. The highest BCUT2D eigenvalue weighted by molar-refractivity contribution is 7.09. The third kappa shape index (κ3) is 7.04. The van der Waals surface area contributed by atoms with Crippen molar-refractivity contribution in [2.75, 3.05) is 20.1 Å². The summed E-state index contributed by atoms with van der Waals surface area (Å²) in [5, 5.41) is 7.84. The van der Waals surface area contributed by atoms with Gasteiger partial charge < -0.3 is 10.6 Å². The molecule has 0 saturated heterocycles. The van der Waals surface area contributed by atoms with E-state index >= 15 is 0 Å². The van der Waals surface area contributed by atoms with Gasteiger partial charge in [-0.05, 0) is 52.6 Å². The highest BCUT2D eigenvalue weighted by Crippen LogP contribution is 2.08. The van der Waals surface area contributed by atoms with Gasteiger partial charge in [0.2, 0.25) is 11.8 Å². The molecule has 0 fully saturated rings. The van der Waals surface area contributed by atoms with Crippen molar-refractivity contribution in [3.63, 3.8) is 0 Å². The van der Waals surface area contributed by atoms with Crippen LogP contribution in [0.5, 0.6) is 0 Å². The fourth-order valence-corrected chi connectivity index (χ4v) is 2.64. The quantitative estimate of drug-likeness (QED) is 0.801. The molecule has 2 amide bonds. The Labute approximate surface area is 137 Å². The van der Waals surface area contributed by atoms with Crippen molar-refractivity contribution in [2.24, 2.45) is 0 Å². The predicted molar refractivity (Wildman–Crippen MR) is 91.0 cm³/mol. The molecule has 1 aromatic rings. The number of hydrogen-bond donors (Lipinski definition) is 2. The molecule has 5 nitrogen and oxygen atoms in total. The second kappa shape index (κ2) is 8.29. The molecule has 1 atom stereocenters. The lowest BCUT2D eigenvalue weighted by molar-refractivity contribution is -0.128. The Morgan fingerprint density at radius 3 is 2.59 bits per heavy atom. The van der Waals surface area contributed by atoms with Gasteiger partial charge >= 0.3 is 0 Å². The molecular formula is C16H27N3O2S. The Morgan fingerprint density at radius 2 is 2.05 bits per heavy atom. The minimum Gasteiger partial charge on any atom is -0.354 e. The van der Waals surface area contributed by atoms with Crippen LogP contribution in [0.2, 0.25) is 0 Å². The van der Waals surface area contributed by atoms with E-state index in [2.05, 4.69) is 16.7 Å². The average Bonchev–Trinajstić information content (AvgIpc) is 2.88. The van der Waals surface area contributed by atoms with Crippen molar-refractivity contribution in [1.82, 2.24) is 15.5 Å². The van der Waals surface area contributed by atoms with E-state index in [9.17, 15) is 9.59 Å². The molecule has 1 aromatic heterocycles. The SMILES string of the molecule is CC(C(=O)NCCc1cccs1)N(C)CC(=O)NC(C)(C)C. The molecule has 124 valence electrons. The summed E-state index contributed by atoms with van der Waals surface area (Å²) in [6, 6.07) is 3.73. The Balaban J connectivity index is 2.33. The summed E-state index contributed by atoms with van der Waals surface area (Å²) >= 11 is 1.69. The minimum atomic E-state index is -0.339. The zero-order valence-corrected chi connectivity index (χ0v) is 14.9. The number of rotatable bonds is 7. The normalized spacial score (nSPS) is 13.0. The summed E-state index contributed by atoms with van der Waals surface area (Å²) in [4.78, 5) is 27.0. The first-order valence-electron chi connectivity index (χ1n) is 7.50. The molecule has 1 unspecified atom stereocenters. The molecule has 0 aliphatic heterocycles. The zero-order chi connectivity index (χ0) is 16.8. The van der Waals surface area contributed by atoms with Gasteiger partial charge in [0.25, 0.3) is 0 Å². The monoisotopic (exact) mass is 325 g/mol. The number of thiophene rings is 1. The van der Waals surface area contributed by atoms with Crippen LogP contribution in [0.4, 0.5) is 0 Å². The highest BCUT2D eigenvalue weighted by atomic mass is 32.1. The van der Waals surface area contributed by atoms with Gasteiger partial charge in [-0.3, -0.25) is 14.5 Å². The zero-order valence-electron chi connectivity index (χ0n) is 14.1. The van der Waals surface area contributed by atoms with Crippen molar-refractivity contribution in [1.29, 1.82) is 0 Å². The largest absolute Gasteiger partial charge is 0.354 e. The first kappa shape index (κ1) is 18.6. The average molecular weight is 325 g/mol. The predicted octanol–water partition coefficient (Wildman–Crippen LogP) is 1.64. The summed E-state index contributed by atoms with van der Waals surface area (Å²) in [7, 11) is 1.78. The van der Waals surface area contributed by atoms with Crippen molar-refractivity contribution < 1.29 is 9.59 Å².